The Kier molecular flexibility index (Phi) is 3.51. The Morgan fingerprint density at radius 2 is 2.25 bits per heavy atom. The fourth-order valence-corrected chi connectivity index (χ4v) is 2.41. The van der Waals surface area contributed by atoms with Crippen LogP contribution < -0.4 is 11.1 Å². The van der Waals surface area contributed by atoms with Crippen molar-refractivity contribution >= 4 is 5.91 Å². The zero-order valence-electron chi connectivity index (χ0n) is 9.23. The molecule has 0 bridgehead atoms. The van der Waals surface area contributed by atoms with Gasteiger partial charge in [-0.25, -0.2) is 0 Å². The molecule has 2 heterocycles. The van der Waals surface area contributed by atoms with Crippen LogP contribution in [0.4, 0.5) is 0 Å². The summed E-state index contributed by atoms with van der Waals surface area (Å²) in [5, 5.41) is 3.29. The number of amides is 1. The number of nitrogens with zero attached hydrogens (tertiary/aromatic N) is 1. The number of carbonyl (C=O) groups is 1. The molecular weight excluding hydrogens is 202 g/mol. The Morgan fingerprint density at radius 3 is 2.81 bits per heavy atom. The topological polar surface area (TPSA) is 68.0 Å². The zero-order valence-corrected chi connectivity index (χ0v) is 9.23. The highest BCUT2D eigenvalue weighted by Crippen LogP contribution is 2.30. The lowest BCUT2D eigenvalue weighted by Gasteiger charge is -2.28. The lowest BCUT2D eigenvalue weighted by molar-refractivity contribution is -0.120. The Hall–Kier alpha value is -1.42. The number of pyridine rings is 1. The second kappa shape index (κ2) is 5.07. The summed E-state index contributed by atoms with van der Waals surface area (Å²) in [6.45, 7) is 1.93. The molecule has 4 heteroatoms. The molecule has 1 unspecified atom stereocenters. The minimum Gasteiger partial charge on any atom is -0.369 e. The first-order valence-electron chi connectivity index (χ1n) is 5.69. The van der Waals surface area contributed by atoms with Crippen LogP contribution in [0.25, 0.3) is 0 Å². The van der Waals surface area contributed by atoms with Gasteiger partial charge in [-0.05, 0) is 43.5 Å². The summed E-state index contributed by atoms with van der Waals surface area (Å²) in [4.78, 5) is 15.6. The lowest BCUT2D eigenvalue weighted by atomic mass is 9.80. The van der Waals surface area contributed by atoms with E-state index < -0.39 is 0 Å². The number of nitrogens with two attached hydrogens (primary N) is 1. The quantitative estimate of drug-likeness (QED) is 0.784. The largest absolute Gasteiger partial charge is 0.369 e. The number of nitrogens with one attached hydrogen (secondary N) is 1. The number of primary amides is 1. The van der Waals surface area contributed by atoms with Gasteiger partial charge in [0, 0.05) is 12.4 Å². The predicted molar refractivity (Wildman–Crippen MR) is 61.8 cm³/mol. The Balaban J connectivity index is 2.20. The first kappa shape index (κ1) is 11.1. The van der Waals surface area contributed by atoms with E-state index in [0.29, 0.717) is 5.92 Å². The molecule has 1 saturated heterocycles. The van der Waals surface area contributed by atoms with Gasteiger partial charge in [0.15, 0.2) is 0 Å². The summed E-state index contributed by atoms with van der Waals surface area (Å²) in [6, 6.07) is 3.79. The summed E-state index contributed by atoms with van der Waals surface area (Å²) >= 11 is 0. The molecule has 0 aromatic carbocycles. The third-order valence-corrected chi connectivity index (χ3v) is 3.21. The number of rotatable bonds is 3. The Morgan fingerprint density at radius 1 is 1.50 bits per heavy atom. The van der Waals surface area contributed by atoms with Crippen molar-refractivity contribution in [1.29, 1.82) is 0 Å². The molecule has 1 atom stereocenters. The molecular formula is C12H17N3O. The standard InChI is InChI=1S/C12H17N3O/c13-12(16)11(9-3-6-14-7-4-9)10-2-1-5-15-8-10/h1-2,5,8-9,11,14H,3-4,6-7H2,(H2,13,16). The van der Waals surface area contributed by atoms with Gasteiger partial charge in [-0.15, -0.1) is 0 Å². The van der Waals surface area contributed by atoms with Gasteiger partial charge in [0.05, 0.1) is 5.92 Å². The predicted octanol–water partition coefficient (Wildman–Crippen LogP) is 0.650. The van der Waals surface area contributed by atoms with Crippen LogP contribution in [0.2, 0.25) is 0 Å². The third kappa shape index (κ3) is 2.39. The van der Waals surface area contributed by atoms with Crippen LogP contribution in [-0.4, -0.2) is 24.0 Å². The zero-order chi connectivity index (χ0) is 11.4. The molecule has 1 aliphatic rings. The summed E-state index contributed by atoms with van der Waals surface area (Å²) in [7, 11) is 0. The van der Waals surface area contributed by atoms with Crippen molar-refractivity contribution in [1.82, 2.24) is 10.3 Å². The van der Waals surface area contributed by atoms with E-state index in [-0.39, 0.29) is 11.8 Å². The highest BCUT2D eigenvalue weighted by Gasteiger charge is 2.29. The number of hydrogen-bond donors (Lipinski definition) is 2. The average Bonchev–Trinajstić information content (AvgIpc) is 2.31. The first-order valence-corrected chi connectivity index (χ1v) is 5.69. The smallest absolute Gasteiger partial charge is 0.225 e. The van der Waals surface area contributed by atoms with Gasteiger partial charge in [-0.1, -0.05) is 6.07 Å². The SMILES string of the molecule is NC(=O)C(c1cccnc1)C1CCNCC1. The van der Waals surface area contributed by atoms with Crippen molar-refractivity contribution in [3.8, 4) is 0 Å². The molecule has 3 N–H and O–H groups in total. The van der Waals surface area contributed by atoms with Crippen LogP contribution in [0.1, 0.15) is 24.3 Å². The van der Waals surface area contributed by atoms with E-state index in [4.69, 9.17) is 5.73 Å². The second-order valence-electron chi connectivity index (χ2n) is 4.25. The molecule has 0 aliphatic carbocycles. The van der Waals surface area contributed by atoms with E-state index in [1.54, 1.807) is 12.4 Å². The van der Waals surface area contributed by atoms with Crippen LogP contribution in [0.5, 0.6) is 0 Å². The van der Waals surface area contributed by atoms with Gasteiger partial charge in [-0.2, -0.15) is 0 Å². The van der Waals surface area contributed by atoms with Gasteiger partial charge in [0.2, 0.25) is 5.91 Å². The van der Waals surface area contributed by atoms with Crippen molar-refractivity contribution in [2.75, 3.05) is 13.1 Å². The summed E-state index contributed by atoms with van der Waals surface area (Å²) in [5.74, 6) is -0.0707. The molecule has 0 saturated carbocycles. The monoisotopic (exact) mass is 219 g/mol. The summed E-state index contributed by atoms with van der Waals surface area (Å²) in [5.41, 5.74) is 6.46. The van der Waals surface area contributed by atoms with Crippen LogP contribution in [-0.2, 0) is 4.79 Å². The van der Waals surface area contributed by atoms with E-state index >= 15 is 0 Å². The Labute approximate surface area is 95.3 Å². The van der Waals surface area contributed by atoms with Gasteiger partial charge in [0.25, 0.3) is 0 Å². The average molecular weight is 219 g/mol. The molecule has 1 fully saturated rings. The normalized spacial score (nSPS) is 19.2. The Bertz CT molecular complexity index is 347. The minimum atomic E-state index is -0.236. The lowest BCUT2D eigenvalue weighted by Crippen LogP contribution is -2.36. The van der Waals surface area contributed by atoms with E-state index in [1.807, 2.05) is 12.1 Å². The van der Waals surface area contributed by atoms with Crippen LogP contribution >= 0.6 is 0 Å². The molecule has 1 amide bonds. The number of piperidine rings is 1. The highest BCUT2D eigenvalue weighted by atomic mass is 16.1. The van der Waals surface area contributed by atoms with Crippen LogP contribution in [0.15, 0.2) is 24.5 Å². The molecule has 1 aliphatic heterocycles. The maximum absolute atomic E-state index is 11.6. The van der Waals surface area contributed by atoms with Crippen molar-refractivity contribution in [3.63, 3.8) is 0 Å². The molecule has 2 rings (SSSR count). The molecule has 16 heavy (non-hydrogen) atoms. The van der Waals surface area contributed by atoms with E-state index in [0.717, 1.165) is 31.5 Å². The molecule has 0 spiro atoms. The third-order valence-electron chi connectivity index (χ3n) is 3.21. The van der Waals surface area contributed by atoms with Crippen molar-refractivity contribution in [2.45, 2.75) is 18.8 Å². The number of carbonyl (C=O) groups excluding carboxylic acids is 1. The number of aromatic nitrogens is 1. The van der Waals surface area contributed by atoms with Crippen molar-refractivity contribution in [3.05, 3.63) is 30.1 Å². The van der Waals surface area contributed by atoms with Gasteiger partial charge >= 0.3 is 0 Å². The fourth-order valence-electron chi connectivity index (χ4n) is 2.41. The highest BCUT2D eigenvalue weighted by molar-refractivity contribution is 5.82. The van der Waals surface area contributed by atoms with E-state index in [1.165, 1.54) is 0 Å². The van der Waals surface area contributed by atoms with E-state index in [2.05, 4.69) is 10.3 Å². The summed E-state index contributed by atoms with van der Waals surface area (Å²) < 4.78 is 0. The van der Waals surface area contributed by atoms with Crippen LogP contribution in [0.3, 0.4) is 0 Å². The van der Waals surface area contributed by atoms with Crippen LogP contribution in [0, 0.1) is 5.92 Å². The minimum absolute atomic E-state index is 0.184. The molecule has 1 aromatic rings. The maximum atomic E-state index is 11.6. The second-order valence-corrected chi connectivity index (χ2v) is 4.25. The van der Waals surface area contributed by atoms with Gasteiger partial charge < -0.3 is 11.1 Å². The van der Waals surface area contributed by atoms with Crippen molar-refractivity contribution < 1.29 is 4.79 Å². The summed E-state index contributed by atoms with van der Waals surface area (Å²) in [6.07, 6.45) is 5.46. The van der Waals surface area contributed by atoms with Gasteiger partial charge in [-0.3, -0.25) is 9.78 Å². The maximum Gasteiger partial charge on any atom is 0.225 e. The van der Waals surface area contributed by atoms with Crippen molar-refractivity contribution in [2.24, 2.45) is 11.7 Å². The number of hydrogen-bond acceptors (Lipinski definition) is 3. The van der Waals surface area contributed by atoms with E-state index in [9.17, 15) is 4.79 Å². The van der Waals surface area contributed by atoms with Gasteiger partial charge in [0.1, 0.15) is 0 Å². The molecule has 1 aromatic heterocycles. The molecule has 0 radical (unpaired) electrons. The molecule has 86 valence electrons. The molecule has 4 nitrogen and oxygen atoms in total. The first-order chi connectivity index (χ1) is 7.79. The fraction of sp³-hybridized carbons (Fsp3) is 0.500.